The molecular formula is C15H25BrN2O2. The first-order valence-electron chi connectivity index (χ1n) is 7.23. The van der Waals surface area contributed by atoms with Crippen LogP contribution in [0.15, 0.2) is 10.7 Å². The molecule has 1 fully saturated rings. The number of methoxy groups -OCH3 is 1. The summed E-state index contributed by atoms with van der Waals surface area (Å²) in [5, 5.41) is 15.6. The SMILES string of the molecule is COCCn1ncc(Br)c1C1(O)CCC(C)(C)CC1C. The topological polar surface area (TPSA) is 47.3 Å². The van der Waals surface area contributed by atoms with Crippen LogP contribution in [0.1, 0.15) is 45.7 Å². The van der Waals surface area contributed by atoms with Crippen LogP contribution in [0.4, 0.5) is 0 Å². The quantitative estimate of drug-likeness (QED) is 0.911. The Labute approximate surface area is 129 Å². The van der Waals surface area contributed by atoms with Crippen molar-refractivity contribution in [2.75, 3.05) is 13.7 Å². The standard InChI is InChI=1S/C15H25BrN2O2/c1-11-9-14(2,3)5-6-15(11,19)13-12(16)10-17-18(13)7-8-20-4/h10-11,19H,5-9H2,1-4H3. The third-order valence-corrected chi connectivity index (χ3v) is 5.15. The van der Waals surface area contributed by atoms with Crippen LogP contribution in [-0.4, -0.2) is 28.6 Å². The molecule has 4 nitrogen and oxygen atoms in total. The van der Waals surface area contributed by atoms with E-state index in [1.807, 2.05) is 4.68 Å². The van der Waals surface area contributed by atoms with Crippen LogP contribution in [0, 0.1) is 11.3 Å². The fourth-order valence-corrected chi connectivity index (χ4v) is 4.01. The molecule has 2 unspecified atom stereocenters. The fourth-order valence-electron chi connectivity index (χ4n) is 3.37. The summed E-state index contributed by atoms with van der Waals surface area (Å²) >= 11 is 3.55. The van der Waals surface area contributed by atoms with Crippen molar-refractivity contribution in [1.82, 2.24) is 9.78 Å². The van der Waals surface area contributed by atoms with Gasteiger partial charge in [-0.1, -0.05) is 20.8 Å². The van der Waals surface area contributed by atoms with Crippen LogP contribution in [-0.2, 0) is 16.9 Å². The molecule has 114 valence electrons. The molecule has 0 saturated heterocycles. The fraction of sp³-hybridized carbons (Fsp3) is 0.800. The third kappa shape index (κ3) is 2.95. The average molecular weight is 345 g/mol. The molecule has 1 aliphatic rings. The summed E-state index contributed by atoms with van der Waals surface area (Å²) in [5.74, 6) is 0.209. The lowest BCUT2D eigenvalue weighted by atomic mass is 9.64. The number of aromatic nitrogens is 2. The first-order chi connectivity index (χ1) is 9.30. The molecule has 2 rings (SSSR count). The van der Waals surface area contributed by atoms with Gasteiger partial charge in [-0.2, -0.15) is 5.10 Å². The van der Waals surface area contributed by atoms with E-state index in [1.54, 1.807) is 13.3 Å². The summed E-state index contributed by atoms with van der Waals surface area (Å²) in [5.41, 5.74) is 0.395. The molecule has 1 saturated carbocycles. The van der Waals surface area contributed by atoms with E-state index in [-0.39, 0.29) is 5.92 Å². The normalized spacial score (nSPS) is 29.6. The van der Waals surface area contributed by atoms with Crippen molar-refractivity contribution >= 4 is 15.9 Å². The Hall–Kier alpha value is -0.390. The summed E-state index contributed by atoms with van der Waals surface area (Å²) in [6, 6.07) is 0. The molecule has 1 aliphatic carbocycles. The second kappa shape index (κ2) is 5.78. The van der Waals surface area contributed by atoms with Gasteiger partial charge in [0.2, 0.25) is 0 Å². The van der Waals surface area contributed by atoms with E-state index in [4.69, 9.17) is 4.74 Å². The minimum absolute atomic E-state index is 0.209. The van der Waals surface area contributed by atoms with Crippen molar-refractivity contribution in [3.8, 4) is 0 Å². The van der Waals surface area contributed by atoms with E-state index in [9.17, 15) is 5.11 Å². The highest BCUT2D eigenvalue weighted by Gasteiger charge is 2.46. The van der Waals surface area contributed by atoms with Crippen molar-refractivity contribution in [3.05, 3.63) is 16.4 Å². The first-order valence-corrected chi connectivity index (χ1v) is 8.02. The minimum atomic E-state index is -0.807. The van der Waals surface area contributed by atoms with Gasteiger partial charge < -0.3 is 9.84 Å². The van der Waals surface area contributed by atoms with E-state index in [0.717, 1.165) is 29.4 Å². The Balaban J connectivity index is 2.32. The number of hydrogen-bond acceptors (Lipinski definition) is 3. The lowest BCUT2D eigenvalue weighted by Gasteiger charge is -2.45. The van der Waals surface area contributed by atoms with Crippen molar-refractivity contribution in [2.45, 2.75) is 52.2 Å². The van der Waals surface area contributed by atoms with Crippen LogP contribution >= 0.6 is 15.9 Å². The highest BCUT2D eigenvalue weighted by molar-refractivity contribution is 9.10. The molecule has 1 aromatic rings. The van der Waals surface area contributed by atoms with E-state index in [1.165, 1.54) is 0 Å². The second-order valence-electron chi connectivity index (χ2n) is 6.75. The molecule has 1 aromatic heterocycles. The molecular weight excluding hydrogens is 320 g/mol. The Morgan fingerprint density at radius 1 is 1.50 bits per heavy atom. The molecule has 2 atom stereocenters. The Morgan fingerprint density at radius 2 is 2.20 bits per heavy atom. The van der Waals surface area contributed by atoms with Gasteiger partial charge in [-0.15, -0.1) is 0 Å². The van der Waals surface area contributed by atoms with Gasteiger partial charge in [0, 0.05) is 7.11 Å². The molecule has 1 N–H and O–H groups in total. The van der Waals surface area contributed by atoms with E-state index in [0.29, 0.717) is 18.6 Å². The first kappa shape index (κ1) is 16.0. The summed E-state index contributed by atoms with van der Waals surface area (Å²) < 4.78 is 7.90. The van der Waals surface area contributed by atoms with Gasteiger partial charge in [0.15, 0.2) is 0 Å². The van der Waals surface area contributed by atoms with Gasteiger partial charge in [0.05, 0.1) is 29.5 Å². The number of rotatable bonds is 4. The molecule has 0 aromatic carbocycles. The maximum Gasteiger partial charge on any atom is 0.110 e. The maximum atomic E-state index is 11.3. The zero-order chi connectivity index (χ0) is 15.0. The monoisotopic (exact) mass is 344 g/mol. The highest BCUT2D eigenvalue weighted by atomic mass is 79.9. The number of aliphatic hydroxyl groups is 1. The van der Waals surface area contributed by atoms with Crippen molar-refractivity contribution in [2.24, 2.45) is 11.3 Å². The number of nitrogens with zero attached hydrogens (tertiary/aromatic N) is 2. The van der Waals surface area contributed by atoms with Crippen molar-refractivity contribution in [1.29, 1.82) is 0 Å². The smallest absolute Gasteiger partial charge is 0.110 e. The minimum Gasteiger partial charge on any atom is -0.383 e. The molecule has 0 bridgehead atoms. The van der Waals surface area contributed by atoms with Gasteiger partial charge in [-0.25, -0.2) is 0 Å². The van der Waals surface area contributed by atoms with Gasteiger partial charge in [0.25, 0.3) is 0 Å². The third-order valence-electron chi connectivity index (χ3n) is 4.57. The largest absolute Gasteiger partial charge is 0.383 e. The van der Waals surface area contributed by atoms with Gasteiger partial charge in [-0.05, 0) is 46.5 Å². The summed E-state index contributed by atoms with van der Waals surface area (Å²) in [4.78, 5) is 0. The maximum absolute atomic E-state index is 11.3. The summed E-state index contributed by atoms with van der Waals surface area (Å²) in [6.45, 7) is 7.95. The van der Waals surface area contributed by atoms with Gasteiger partial charge >= 0.3 is 0 Å². The zero-order valence-electron chi connectivity index (χ0n) is 12.8. The van der Waals surface area contributed by atoms with Crippen molar-refractivity contribution in [3.63, 3.8) is 0 Å². The van der Waals surface area contributed by atoms with E-state index >= 15 is 0 Å². The van der Waals surface area contributed by atoms with E-state index < -0.39 is 5.60 Å². The van der Waals surface area contributed by atoms with Crippen LogP contribution in [0.5, 0.6) is 0 Å². The average Bonchev–Trinajstić information content (AvgIpc) is 2.73. The molecule has 0 radical (unpaired) electrons. The summed E-state index contributed by atoms with van der Waals surface area (Å²) in [6.07, 6.45) is 4.59. The molecule has 1 heterocycles. The molecule has 0 amide bonds. The summed E-state index contributed by atoms with van der Waals surface area (Å²) in [7, 11) is 1.68. The lowest BCUT2D eigenvalue weighted by molar-refractivity contribution is -0.0838. The molecule has 20 heavy (non-hydrogen) atoms. The Morgan fingerprint density at radius 3 is 2.80 bits per heavy atom. The Bertz CT molecular complexity index is 472. The lowest BCUT2D eigenvalue weighted by Crippen LogP contribution is -2.43. The van der Waals surface area contributed by atoms with Crippen LogP contribution in [0.25, 0.3) is 0 Å². The van der Waals surface area contributed by atoms with Gasteiger partial charge in [-0.3, -0.25) is 4.68 Å². The second-order valence-corrected chi connectivity index (χ2v) is 7.61. The number of hydrogen-bond donors (Lipinski definition) is 1. The molecule has 0 aliphatic heterocycles. The zero-order valence-corrected chi connectivity index (χ0v) is 14.4. The number of halogens is 1. The predicted molar refractivity (Wildman–Crippen MR) is 82.5 cm³/mol. The van der Waals surface area contributed by atoms with Crippen LogP contribution < -0.4 is 0 Å². The molecule has 5 heteroatoms. The Kier molecular flexibility index (Phi) is 4.62. The van der Waals surface area contributed by atoms with E-state index in [2.05, 4.69) is 41.8 Å². The highest BCUT2D eigenvalue weighted by Crippen LogP contribution is 2.50. The van der Waals surface area contributed by atoms with Crippen LogP contribution in [0.2, 0.25) is 0 Å². The van der Waals surface area contributed by atoms with Crippen LogP contribution in [0.3, 0.4) is 0 Å². The predicted octanol–water partition coefficient (Wildman–Crippen LogP) is 3.33. The van der Waals surface area contributed by atoms with Gasteiger partial charge in [0.1, 0.15) is 5.60 Å². The number of ether oxygens (including phenoxy) is 1. The molecule has 0 spiro atoms. The van der Waals surface area contributed by atoms with Crippen molar-refractivity contribution < 1.29 is 9.84 Å².